The number of benzene rings is 3. The molecule has 0 aliphatic rings. The van der Waals surface area contributed by atoms with Crippen molar-refractivity contribution in [2.75, 3.05) is 13.1 Å². The maximum absolute atomic E-state index is 8.44. The van der Waals surface area contributed by atoms with E-state index in [1.807, 2.05) is 78.9 Å². The first-order chi connectivity index (χ1) is 19.4. The highest BCUT2D eigenvalue weighted by atomic mass is 32.2. The van der Waals surface area contributed by atoms with Gasteiger partial charge in [0.15, 0.2) is 0 Å². The lowest BCUT2D eigenvalue weighted by molar-refractivity contribution is 0.559. The lowest BCUT2D eigenvalue weighted by Crippen LogP contribution is -1.87. The van der Waals surface area contributed by atoms with E-state index in [1.165, 1.54) is 11.1 Å². The van der Waals surface area contributed by atoms with Gasteiger partial charge in [-0.1, -0.05) is 84.9 Å². The Morgan fingerprint density at radius 3 is 1.50 bits per heavy atom. The lowest BCUT2D eigenvalue weighted by atomic mass is 10.2. The molecular formula is C28H26N4O3S5. The van der Waals surface area contributed by atoms with Crippen molar-refractivity contribution in [3.05, 3.63) is 115 Å². The van der Waals surface area contributed by atoms with Gasteiger partial charge in [-0.25, -0.2) is 15.0 Å². The molecule has 0 aliphatic heterocycles. The summed E-state index contributed by atoms with van der Waals surface area (Å²) >= 11 is 17.6. The largest absolute Gasteiger partial charge is 0.425 e. The minimum absolute atomic E-state index is 0.587. The topological polar surface area (TPSA) is 101 Å². The van der Waals surface area contributed by atoms with Gasteiger partial charge in [-0.2, -0.15) is 4.99 Å². The SMILES string of the molecule is C=CCN=C=S.O=S(=O)=O.S=C=NCCc1ccccc1.S=C=NCc1ccccc1.S=C=Nc1ccccc1. The van der Waals surface area contributed by atoms with Gasteiger partial charge in [0.25, 0.3) is 0 Å². The average Bonchev–Trinajstić information content (AvgIpc) is 2.98. The van der Waals surface area contributed by atoms with Gasteiger partial charge in [-0.3, -0.25) is 0 Å². The fourth-order valence-corrected chi connectivity index (χ4v) is 2.58. The van der Waals surface area contributed by atoms with Crippen molar-refractivity contribution in [2.45, 2.75) is 13.0 Å². The number of rotatable bonds is 8. The number of hydrogen-bond acceptors (Lipinski definition) is 11. The zero-order chi connectivity index (χ0) is 30.1. The van der Waals surface area contributed by atoms with Crippen LogP contribution in [0.25, 0.3) is 0 Å². The van der Waals surface area contributed by atoms with Crippen molar-refractivity contribution in [3.8, 4) is 0 Å². The maximum Gasteiger partial charge on any atom is 0.425 e. The molecule has 0 aliphatic carbocycles. The molecule has 0 unspecified atom stereocenters. The second kappa shape index (κ2) is 31.4. The van der Waals surface area contributed by atoms with Crippen LogP contribution in [0.5, 0.6) is 0 Å². The summed E-state index contributed by atoms with van der Waals surface area (Å²) in [5.41, 5.74) is 3.31. The zero-order valence-electron chi connectivity index (χ0n) is 21.3. The van der Waals surface area contributed by atoms with Gasteiger partial charge in [0.2, 0.25) is 0 Å². The maximum atomic E-state index is 8.44. The summed E-state index contributed by atoms with van der Waals surface area (Å²) in [5, 5.41) is 9.17. The average molecular weight is 627 g/mol. The Kier molecular flexibility index (Phi) is 30.2. The molecule has 0 atom stereocenters. The molecule has 7 nitrogen and oxygen atoms in total. The summed E-state index contributed by atoms with van der Waals surface area (Å²) in [6.07, 6.45) is 2.61. The Morgan fingerprint density at radius 1 is 0.650 bits per heavy atom. The normalized spacial score (nSPS) is 7.80. The molecule has 0 saturated carbocycles. The number of hydrogen-bond donors (Lipinski definition) is 0. The van der Waals surface area contributed by atoms with Crippen molar-refractivity contribution >= 4 is 85.8 Å². The molecule has 0 spiro atoms. The van der Waals surface area contributed by atoms with Gasteiger partial charge in [0.1, 0.15) is 0 Å². The molecular weight excluding hydrogens is 601 g/mol. The standard InChI is InChI=1S/C9H9NS.C8H7NS.C7H5NS.C4H5NS.O3S/c11-8-10-7-6-9-4-2-1-3-5-9;10-7-9-6-8-4-2-1-3-5-8;9-6-8-7-4-2-1-3-5-7;1-2-3-5-4-6;1-4(2)3/h1-5H,6-7H2;1-5H,6H2;1-5H;2H,1,3H2;. The molecule has 0 N–H and O–H groups in total. The highest BCUT2D eigenvalue weighted by molar-refractivity contribution is 7.78. The van der Waals surface area contributed by atoms with Crippen LogP contribution in [0.2, 0.25) is 0 Å². The highest BCUT2D eigenvalue weighted by Gasteiger charge is 1.87. The van der Waals surface area contributed by atoms with Crippen LogP contribution < -0.4 is 0 Å². The molecule has 0 fully saturated rings. The molecule has 40 heavy (non-hydrogen) atoms. The first kappa shape index (κ1) is 38.4. The summed E-state index contributed by atoms with van der Waals surface area (Å²) in [7, 11) is -3.11. The Morgan fingerprint density at radius 2 is 1.10 bits per heavy atom. The summed E-state index contributed by atoms with van der Waals surface area (Å²) in [6, 6.07) is 29.7. The van der Waals surface area contributed by atoms with Crippen LogP contribution in [-0.2, 0) is 23.6 Å². The number of thiocarbonyl (C=S) groups is 4. The Bertz CT molecular complexity index is 1370. The van der Waals surface area contributed by atoms with Gasteiger partial charge >= 0.3 is 10.6 Å². The van der Waals surface area contributed by atoms with Crippen LogP contribution in [-0.4, -0.2) is 46.4 Å². The lowest BCUT2D eigenvalue weighted by Gasteiger charge is -1.94. The Hall–Kier alpha value is -3.78. The fraction of sp³-hybridized carbons (Fsp3) is 0.143. The fourth-order valence-electron chi connectivity index (χ4n) is 2.24. The van der Waals surface area contributed by atoms with E-state index in [9.17, 15) is 0 Å². The molecule has 0 aromatic heterocycles. The van der Waals surface area contributed by atoms with Crippen molar-refractivity contribution in [1.29, 1.82) is 0 Å². The Balaban J connectivity index is 0. The van der Waals surface area contributed by atoms with E-state index in [4.69, 9.17) is 12.6 Å². The Labute approximate surface area is 257 Å². The molecule has 3 rings (SSSR count). The van der Waals surface area contributed by atoms with Gasteiger partial charge in [0, 0.05) is 0 Å². The van der Waals surface area contributed by atoms with E-state index in [0.717, 1.165) is 18.7 Å². The highest BCUT2D eigenvalue weighted by Crippen LogP contribution is 2.07. The molecule has 3 aromatic rings. The van der Waals surface area contributed by atoms with Crippen LogP contribution in [0.15, 0.2) is 124 Å². The summed E-state index contributed by atoms with van der Waals surface area (Å²) < 4.78 is 25.3. The monoisotopic (exact) mass is 626 g/mol. The van der Waals surface area contributed by atoms with Gasteiger partial charge in [-0.05, 0) is 78.6 Å². The molecule has 0 heterocycles. The van der Waals surface area contributed by atoms with Crippen LogP contribution in [0, 0.1) is 0 Å². The molecule has 0 radical (unpaired) electrons. The van der Waals surface area contributed by atoms with Gasteiger partial charge in [-0.15, -0.1) is 19.2 Å². The molecule has 0 amide bonds. The molecule has 206 valence electrons. The predicted octanol–water partition coefficient (Wildman–Crippen LogP) is 7.31. The molecule has 12 heteroatoms. The second-order valence-electron chi connectivity index (χ2n) is 6.57. The number of para-hydroxylation sites is 1. The molecule has 3 aromatic carbocycles. The minimum atomic E-state index is -3.11. The molecule has 0 bridgehead atoms. The zero-order valence-corrected chi connectivity index (χ0v) is 25.4. The van der Waals surface area contributed by atoms with Crippen LogP contribution in [0.3, 0.4) is 0 Å². The van der Waals surface area contributed by atoms with Crippen molar-refractivity contribution in [3.63, 3.8) is 0 Å². The van der Waals surface area contributed by atoms with E-state index >= 15 is 0 Å². The third-order valence-corrected chi connectivity index (χ3v) is 4.28. The predicted molar refractivity (Wildman–Crippen MR) is 176 cm³/mol. The van der Waals surface area contributed by atoms with Crippen LogP contribution in [0.4, 0.5) is 5.69 Å². The second-order valence-corrected chi connectivity index (χ2v) is 7.70. The van der Waals surface area contributed by atoms with Crippen LogP contribution >= 0.6 is 48.9 Å². The van der Waals surface area contributed by atoms with E-state index in [1.54, 1.807) is 6.08 Å². The summed E-state index contributed by atoms with van der Waals surface area (Å²) in [4.78, 5) is 14.9. The smallest absolute Gasteiger partial charge is 0.232 e. The third-order valence-electron chi connectivity index (χ3n) is 3.80. The van der Waals surface area contributed by atoms with Crippen molar-refractivity contribution in [2.24, 2.45) is 20.0 Å². The third kappa shape index (κ3) is 30.4. The number of nitrogens with zero attached hydrogens (tertiary/aromatic N) is 4. The van der Waals surface area contributed by atoms with Crippen molar-refractivity contribution in [1.82, 2.24) is 0 Å². The van der Waals surface area contributed by atoms with Gasteiger partial charge < -0.3 is 0 Å². The summed E-state index contributed by atoms with van der Waals surface area (Å²) in [5.74, 6) is 0. The van der Waals surface area contributed by atoms with Crippen LogP contribution in [0.1, 0.15) is 11.1 Å². The van der Waals surface area contributed by atoms with E-state index in [0.29, 0.717) is 13.1 Å². The van der Waals surface area contributed by atoms with Crippen molar-refractivity contribution < 1.29 is 12.6 Å². The minimum Gasteiger partial charge on any atom is -0.232 e. The van der Waals surface area contributed by atoms with E-state index in [-0.39, 0.29) is 0 Å². The number of aliphatic imine (C=N–C) groups is 4. The summed E-state index contributed by atoms with van der Waals surface area (Å²) in [6.45, 7) is 5.39. The van der Waals surface area contributed by atoms with E-state index in [2.05, 4.69) is 108 Å². The first-order valence-electron chi connectivity index (χ1n) is 11.1. The quantitative estimate of drug-likeness (QED) is 0.147. The van der Waals surface area contributed by atoms with E-state index < -0.39 is 10.6 Å². The number of isothiocyanates is 4. The molecule has 0 saturated heterocycles. The first-order valence-corrected chi connectivity index (χ1v) is 13.8. The van der Waals surface area contributed by atoms with Gasteiger partial charge in [0.05, 0.1) is 46.0 Å².